The smallest absolute Gasteiger partial charge is 0.287 e. The summed E-state index contributed by atoms with van der Waals surface area (Å²) in [6.07, 6.45) is 0. The summed E-state index contributed by atoms with van der Waals surface area (Å²) in [7, 11) is 0.493. The summed E-state index contributed by atoms with van der Waals surface area (Å²) >= 11 is 6.01. The van der Waals surface area contributed by atoms with Gasteiger partial charge in [0.2, 0.25) is 5.71 Å². The van der Waals surface area contributed by atoms with Gasteiger partial charge in [0.05, 0.1) is 4.75 Å². The first kappa shape index (κ1) is 16.9. The number of nitrogens with zero attached hydrogens (tertiary/aromatic N) is 1. The molecule has 2 rings (SSSR count). The van der Waals surface area contributed by atoms with Crippen LogP contribution >= 0.6 is 11.6 Å². The van der Waals surface area contributed by atoms with Gasteiger partial charge in [-0.05, 0) is 45.0 Å². The molecule has 22 heavy (non-hydrogen) atoms. The zero-order valence-electron chi connectivity index (χ0n) is 13.4. The van der Waals surface area contributed by atoms with Crippen molar-refractivity contribution < 1.29 is 8.19 Å². The van der Waals surface area contributed by atoms with Crippen LogP contribution in [0.2, 0.25) is 5.02 Å². The lowest BCUT2D eigenvalue weighted by atomic mass is 10.1. The van der Waals surface area contributed by atoms with Crippen LogP contribution in [0.5, 0.6) is 0 Å². The lowest BCUT2D eigenvalue weighted by Crippen LogP contribution is -2.34. The highest BCUT2D eigenvalue weighted by Gasteiger charge is 2.30. The van der Waals surface area contributed by atoms with E-state index in [4.69, 9.17) is 11.6 Å². The summed E-state index contributed by atoms with van der Waals surface area (Å²) in [6, 6.07) is 7.09. The minimum Gasteiger partial charge on any atom is -0.321 e. The topological polar surface area (TPSA) is 52.9 Å². The molecule has 0 bridgehead atoms. The van der Waals surface area contributed by atoms with Gasteiger partial charge in [0.15, 0.2) is 0 Å². The molecule has 4 nitrogen and oxygen atoms in total. The fraction of sp³-hybridized carbons (Fsp3) is 0.375. The van der Waals surface area contributed by atoms with E-state index in [-0.39, 0.29) is 5.56 Å². The normalized spacial score (nSPS) is 14.8. The lowest BCUT2D eigenvalue weighted by molar-refractivity contribution is -0.320. The van der Waals surface area contributed by atoms with Gasteiger partial charge in [-0.3, -0.25) is 4.79 Å². The van der Waals surface area contributed by atoms with Crippen molar-refractivity contribution in [3.8, 4) is 0 Å². The highest BCUT2D eigenvalue weighted by molar-refractivity contribution is 7.80. The van der Waals surface area contributed by atoms with Crippen LogP contribution in [0.15, 0.2) is 29.1 Å². The number of benzene rings is 1. The van der Waals surface area contributed by atoms with E-state index >= 15 is 0 Å². The van der Waals surface area contributed by atoms with E-state index in [0.29, 0.717) is 16.3 Å². The van der Waals surface area contributed by atoms with Gasteiger partial charge in [-0.15, -0.1) is 3.98 Å². The summed E-state index contributed by atoms with van der Waals surface area (Å²) in [4.78, 5) is 15.1. The van der Waals surface area contributed by atoms with Gasteiger partial charge in [0, 0.05) is 22.8 Å². The molecule has 1 aromatic heterocycles. The maximum absolute atomic E-state index is 12.5. The molecule has 0 radical (unpaired) electrons. The Kier molecular flexibility index (Phi) is 4.59. The second-order valence-electron chi connectivity index (χ2n) is 6.19. The van der Waals surface area contributed by atoms with Crippen molar-refractivity contribution in [1.29, 1.82) is 0 Å². The molecule has 0 aliphatic rings. The Morgan fingerprint density at radius 3 is 2.50 bits per heavy atom. The number of halogens is 1. The number of aromatic amines is 1. The summed E-state index contributed by atoms with van der Waals surface area (Å²) in [5.74, 6) is 0. The summed E-state index contributed by atoms with van der Waals surface area (Å²) < 4.78 is 13.7. The van der Waals surface area contributed by atoms with Gasteiger partial charge in [-0.25, -0.2) is 0 Å². The van der Waals surface area contributed by atoms with Crippen LogP contribution in [0.4, 0.5) is 0 Å². The second kappa shape index (κ2) is 5.97. The zero-order valence-corrected chi connectivity index (χ0v) is 14.9. The number of hydrogen-bond donors (Lipinski definition) is 1. The molecule has 0 fully saturated rings. The van der Waals surface area contributed by atoms with Crippen LogP contribution < -0.4 is 5.56 Å². The summed E-state index contributed by atoms with van der Waals surface area (Å²) in [5.41, 5.74) is 1.68. The van der Waals surface area contributed by atoms with Crippen LogP contribution in [0.1, 0.15) is 33.3 Å². The number of aromatic nitrogens is 1. The molecule has 2 aromatic rings. The molecule has 1 atom stereocenters. The van der Waals surface area contributed by atoms with E-state index in [1.165, 1.54) is 0 Å². The molecule has 1 N–H and O–H groups in total. The predicted molar refractivity (Wildman–Crippen MR) is 93.4 cm³/mol. The molecule has 118 valence electrons. The Morgan fingerprint density at radius 2 is 1.91 bits per heavy atom. The molecule has 0 aliphatic carbocycles. The van der Waals surface area contributed by atoms with Gasteiger partial charge >= 0.3 is 0 Å². The van der Waals surface area contributed by atoms with Gasteiger partial charge in [-0.1, -0.05) is 11.6 Å². The van der Waals surface area contributed by atoms with E-state index < -0.39 is 15.7 Å². The quantitative estimate of drug-likeness (QED) is 0.675. The Balaban J connectivity index is 2.66. The average Bonchev–Trinajstić information content (AvgIpc) is 2.43. The SMILES string of the molecule is C/C(c1cc2cc(Cl)ccc2[nH]c1=O)=[N+](/C)[S@@](=O)C(C)(C)C. The van der Waals surface area contributed by atoms with E-state index in [2.05, 4.69) is 4.98 Å². The Morgan fingerprint density at radius 1 is 1.27 bits per heavy atom. The largest absolute Gasteiger partial charge is 0.321 e. The fourth-order valence-electron chi connectivity index (χ4n) is 2.15. The Labute approximate surface area is 137 Å². The highest BCUT2D eigenvalue weighted by Crippen LogP contribution is 2.18. The molecular weight excluding hydrogens is 320 g/mol. The van der Waals surface area contributed by atoms with Crippen LogP contribution in [0, 0.1) is 0 Å². The standard InChI is InChI=1S/C16H19ClN2O2S/c1-10(19(5)22(21)16(2,3)4)13-9-11-8-12(17)6-7-14(11)18-15(13)20/h6-9H,1-5H3/p+1/t22-/m0/s1. The van der Waals surface area contributed by atoms with Crippen molar-refractivity contribution in [1.82, 2.24) is 4.98 Å². The third-order valence-corrected chi connectivity index (χ3v) is 5.50. The minimum atomic E-state index is -1.24. The minimum absolute atomic E-state index is 0.204. The first-order valence-corrected chi connectivity index (χ1v) is 8.42. The molecular formula is C16H20ClN2O2S+. The molecule has 1 aromatic carbocycles. The summed E-state index contributed by atoms with van der Waals surface area (Å²) in [6.45, 7) is 7.50. The maximum Gasteiger partial charge on any atom is 0.287 e. The molecule has 0 saturated heterocycles. The first-order chi connectivity index (χ1) is 10.1. The van der Waals surface area contributed by atoms with Crippen LogP contribution in [-0.2, 0) is 11.0 Å². The fourth-order valence-corrected chi connectivity index (χ4v) is 3.50. The number of H-pyrrole nitrogens is 1. The van der Waals surface area contributed by atoms with Crippen molar-refractivity contribution in [2.75, 3.05) is 7.05 Å². The van der Waals surface area contributed by atoms with Gasteiger partial charge in [0.1, 0.15) is 12.6 Å². The number of rotatable bonds is 2. The van der Waals surface area contributed by atoms with Gasteiger partial charge in [0.25, 0.3) is 16.5 Å². The van der Waals surface area contributed by atoms with Crippen molar-refractivity contribution in [3.63, 3.8) is 0 Å². The van der Waals surface area contributed by atoms with Crippen LogP contribution in [0.25, 0.3) is 10.9 Å². The van der Waals surface area contributed by atoms with E-state index in [1.807, 2.05) is 20.8 Å². The van der Waals surface area contributed by atoms with E-state index in [9.17, 15) is 9.00 Å². The molecule has 0 unspecified atom stereocenters. The Bertz CT molecular complexity index is 847. The average molecular weight is 340 g/mol. The molecule has 0 saturated carbocycles. The molecule has 0 amide bonds. The number of hydrogen-bond acceptors (Lipinski definition) is 2. The molecule has 0 aliphatic heterocycles. The van der Waals surface area contributed by atoms with Crippen LogP contribution in [-0.4, -0.2) is 30.7 Å². The molecule has 1 heterocycles. The van der Waals surface area contributed by atoms with E-state index in [1.54, 1.807) is 42.2 Å². The predicted octanol–water partition coefficient (Wildman–Crippen LogP) is 3.10. The number of pyridine rings is 1. The van der Waals surface area contributed by atoms with Crippen molar-refractivity contribution in [3.05, 3.63) is 45.2 Å². The highest BCUT2D eigenvalue weighted by atomic mass is 35.5. The first-order valence-electron chi connectivity index (χ1n) is 6.93. The maximum atomic E-state index is 12.5. The zero-order chi connectivity index (χ0) is 16.7. The number of fused-ring (bicyclic) bond motifs is 1. The monoisotopic (exact) mass is 339 g/mol. The molecule has 6 heteroatoms. The third kappa shape index (κ3) is 3.31. The van der Waals surface area contributed by atoms with Crippen molar-refractivity contribution in [2.24, 2.45) is 0 Å². The molecule has 0 spiro atoms. The van der Waals surface area contributed by atoms with E-state index in [0.717, 1.165) is 10.9 Å². The van der Waals surface area contributed by atoms with Gasteiger partial charge < -0.3 is 4.98 Å². The van der Waals surface area contributed by atoms with Gasteiger partial charge in [-0.2, -0.15) is 4.21 Å². The lowest BCUT2D eigenvalue weighted by Gasteiger charge is -2.13. The summed E-state index contributed by atoms with van der Waals surface area (Å²) in [5, 5.41) is 1.45. The van der Waals surface area contributed by atoms with Crippen molar-refractivity contribution in [2.45, 2.75) is 32.4 Å². The Hall–Kier alpha value is -1.46. The van der Waals surface area contributed by atoms with Crippen molar-refractivity contribution >= 4 is 39.2 Å². The van der Waals surface area contributed by atoms with Crippen LogP contribution in [0.3, 0.4) is 0 Å². The third-order valence-electron chi connectivity index (χ3n) is 3.44. The number of nitrogens with one attached hydrogen (secondary N) is 1. The second-order valence-corrected chi connectivity index (χ2v) is 8.90.